The summed E-state index contributed by atoms with van der Waals surface area (Å²) >= 11 is 1.16. The summed E-state index contributed by atoms with van der Waals surface area (Å²) in [6, 6.07) is 6.31. The predicted molar refractivity (Wildman–Crippen MR) is 132 cm³/mol. The highest BCUT2D eigenvalue weighted by Gasteiger charge is 2.26. The third-order valence-corrected chi connectivity index (χ3v) is 7.31. The van der Waals surface area contributed by atoms with Crippen LogP contribution in [-0.2, 0) is 9.53 Å². The molecule has 4 rings (SSSR count). The van der Waals surface area contributed by atoms with Gasteiger partial charge in [-0.3, -0.25) is 14.2 Å². The third kappa shape index (κ3) is 4.84. The molecule has 0 aliphatic heterocycles. The molecular formula is C25H29N3O5S. The number of ether oxygens (including phenoxy) is 2. The van der Waals surface area contributed by atoms with Crippen molar-refractivity contribution in [3.8, 4) is 5.75 Å². The summed E-state index contributed by atoms with van der Waals surface area (Å²) in [5.41, 5.74) is 0.709. The number of carbonyl (C=O) groups excluding carboxylic acids is 2. The number of amides is 1. The SMILES string of the molecule is CCOc1ccccc1NC(=O)C(C)n1cnc2sc(C(=O)OC3CCCCC3)c(C)c2c1=O. The van der Waals surface area contributed by atoms with Gasteiger partial charge in [0.1, 0.15) is 27.6 Å². The standard InChI is InChI=1S/C25H29N3O5S/c1-4-32-19-13-9-8-12-18(19)27-22(29)16(3)28-14-26-23-20(24(28)30)15(2)21(34-23)25(31)33-17-10-6-5-7-11-17/h8-9,12-14,16-17H,4-7,10-11H2,1-3H3,(H,27,29). The molecule has 180 valence electrons. The molecule has 1 unspecified atom stereocenters. The van der Waals surface area contributed by atoms with Crippen LogP contribution in [0.15, 0.2) is 35.4 Å². The Bertz CT molecular complexity index is 1260. The lowest BCUT2D eigenvalue weighted by molar-refractivity contribution is -0.118. The van der Waals surface area contributed by atoms with E-state index in [1.54, 1.807) is 32.0 Å². The first-order valence-electron chi connectivity index (χ1n) is 11.6. The van der Waals surface area contributed by atoms with Gasteiger partial charge in [-0.05, 0) is 64.2 Å². The molecule has 0 radical (unpaired) electrons. The summed E-state index contributed by atoms with van der Waals surface area (Å²) in [5.74, 6) is -0.224. The highest BCUT2D eigenvalue weighted by atomic mass is 32.1. The molecule has 1 atom stereocenters. The number of anilines is 1. The van der Waals surface area contributed by atoms with Gasteiger partial charge >= 0.3 is 5.97 Å². The number of aryl methyl sites for hydroxylation is 1. The Balaban J connectivity index is 1.58. The molecule has 3 aromatic rings. The molecule has 1 aromatic carbocycles. The summed E-state index contributed by atoms with van der Waals surface area (Å²) in [5, 5.41) is 3.17. The van der Waals surface area contributed by atoms with Crippen molar-refractivity contribution in [3.05, 3.63) is 51.4 Å². The molecule has 9 heteroatoms. The van der Waals surface area contributed by atoms with Crippen molar-refractivity contribution >= 4 is 39.1 Å². The molecule has 1 aliphatic carbocycles. The Morgan fingerprint density at radius 3 is 2.71 bits per heavy atom. The van der Waals surface area contributed by atoms with Crippen LogP contribution in [0.2, 0.25) is 0 Å². The first-order valence-corrected chi connectivity index (χ1v) is 12.5. The van der Waals surface area contributed by atoms with Crippen molar-refractivity contribution in [2.45, 2.75) is 65.0 Å². The normalized spacial score (nSPS) is 15.1. The van der Waals surface area contributed by atoms with Gasteiger partial charge in [0.15, 0.2) is 0 Å². The number of rotatable bonds is 7. The number of hydrogen-bond acceptors (Lipinski definition) is 7. The van der Waals surface area contributed by atoms with Gasteiger partial charge in [-0.1, -0.05) is 18.6 Å². The second-order valence-electron chi connectivity index (χ2n) is 8.45. The minimum absolute atomic E-state index is 0.0706. The number of thiophene rings is 1. The maximum Gasteiger partial charge on any atom is 0.348 e. The van der Waals surface area contributed by atoms with E-state index in [1.807, 2.05) is 13.0 Å². The van der Waals surface area contributed by atoms with Crippen LogP contribution in [0.1, 0.15) is 67.2 Å². The number of nitrogens with one attached hydrogen (secondary N) is 1. The van der Waals surface area contributed by atoms with Gasteiger partial charge in [0.05, 0.1) is 24.0 Å². The van der Waals surface area contributed by atoms with E-state index < -0.39 is 12.0 Å². The first-order chi connectivity index (χ1) is 16.4. The van der Waals surface area contributed by atoms with E-state index in [0.717, 1.165) is 37.0 Å². The van der Waals surface area contributed by atoms with Crippen LogP contribution in [0.25, 0.3) is 10.2 Å². The maximum absolute atomic E-state index is 13.3. The summed E-state index contributed by atoms with van der Waals surface area (Å²) in [6.07, 6.45) is 6.32. The maximum atomic E-state index is 13.3. The third-order valence-electron chi connectivity index (χ3n) is 6.13. The molecule has 8 nitrogen and oxygen atoms in total. The summed E-state index contributed by atoms with van der Waals surface area (Å²) in [7, 11) is 0. The van der Waals surface area contributed by atoms with Gasteiger partial charge in [-0.15, -0.1) is 11.3 Å². The molecule has 1 aliphatic rings. The molecule has 0 bridgehead atoms. The molecule has 1 amide bonds. The van der Waals surface area contributed by atoms with Crippen LogP contribution in [0, 0.1) is 6.92 Å². The largest absolute Gasteiger partial charge is 0.492 e. The Hall–Kier alpha value is -3.20. The van der Waals surface area contributed by atoms with E-state index >= 15 is 0 Å². The second-order valence-corrected chi connectivity index (χ2v) is 9.45. The van der Waals surface area contributed by atoms with Crippen LogP contribution in [-0.4, -0.2) is 34.1 Å². The van der Waals surface area contributed by atoms with Crippen LogP contribution >= 0.6 is 11.3 Å². The van der Waals surface area contributed by atoms with Crippen molar-refractivity contribution in [3.63, 3.8) is 0 Å². The summed E-state index contributed by atoms with van der Waals surface area (Å²) in [6.45, 7) is 5.69. The monoisotopic (exact) mass is 483 g/mol. The summed E-state index contributed by atoms with van der Waals surface area (Å²) < 4.78 is 12.6. The topological polar surface area (TPSA) is 99.5 Å². The molecule has 34 heavy (non-hydrogen) atoms. The Morgan fingerprint density at radius 2 is 1.97 bits per heavy atom. The highest BCUT2D eigenvalue weighted by molar-refractivity contribution is 7.20. The fraction of sp³-hybridized carbons (Fsp3) is 0.440. The van der Waals surface area contributed by atoms with Gasteiger partial charge in [0.25, 0.3) is 5.56 Å². The zero-order valence-electron chi connectivity index (χ0n) is 19.6. The predicted octanol–water partition coefficient (Wildman–Crippen LogP) is 4.85. The lowest BCUT2D eigenvalue weighted by atomic mass is 9.98. The van der Waals surface area contributed by atoms with Crippen molar-refractivity contribution in [1.29, 1.82) is 0 Å². The van der Waals surface area contributed by atoms with Crippen LogP contribution in [0.4, 0.5) is 5.69 Å². The van der Waals surface area contributed by atoms with Gasteiger partial charge in [-0.2, -0.15) is 0 Å². The number of fused-ring (bicyclic) bond motifs is 1. The second kappa shape index (κ2) is 10.4. The zero-order valence-corrected chi connectivity index (χ0v) is 20.4. The average Bonchev–Trinajstić information content (AvgIpc) is 3.18. The highest BCUT2D eigenvalue weighted by Crippen LogP contribution is 2.30. The number of hydrogen-bond donors (Lipinski definition) is 1. The number of para-hydroxylation sites is 2. The lowest BCUT2D eigenvalue weighted by Crippen LogP contribution is -2.32. The van der Waals surface area contributed by atoms with Crippen molar-refractivity contribution in [2.24, 2.45) is 0 Å². The molecule has 2 aromatic heterocycles. The Morgan fingerprint density at radius 1 is 1.24 bits per heavy atom. The Labute approximate surface area is 201 Å². The number of esters is 1. The molecule has 2 heterocycles. The van der Waals surface area contributed by atoms with E-state index in [1.165, 1.54) is 17.3 Å². The number of carbonyl (C=O) groups is 2. The van der Waals surface area contributed by atoms with Gasteiger partial charge in [0.2, 0.25) is 5.91 Å². The van der Waals surface area contributed by atoms with Crippen LogP contribution < -0.4 is 15.6 Å². The van der Waals surface area contributed by atoms with Crippen molar-refractivity contribution in [2.75, 3.05) is 11.9 Å². The van der Waals surface area contributed by atoms with Gasteiger partial charge < -0.3 is 14.8 Å². The smallest absolute Gasteiger partial charge is 0.348 e. The minimum Gasteiger partial charge on any atom is -0.492 e. The zero-order chi connectivity index (χ0) is 24.2. The fourth-order valence-corrected chi connectivity index (χ4v) is 5.23. The molecule has 1 fully saturated rings. The van der Waals surface area contributed by atoms with Crippen LogP contribution in [0.3, 0.4) is 0 Å². The van der Waals surface area contributed by atoms with Gasteiger partial charge in [0, 0.05) is 0 Å². The molecule has 1 N–H and O–H groups in total. The Kier molecular flexibility index (Phi) is 7.31. The molecule has 1 saturated carbocycles. The minimum atomic E-state index is -0.823. The molecule has 0 saturated heterocycles. The molecular weight excluding hydrogens is 454 g/mol. The van der Waals surface area contributed by atoms with Crippen molar-refractivity contribution in [1.82, 2.24) is 9.55 Å². The fourth-order valence-electron chi connectivity index (χ4n) is 4.21. The average molecular weight is 484 g/mol. The van der Waals surface area contributed by atoms with E-state index in [9.17, 15) is 14.4 Å². The number of aromatic nitrogens is 2. The number of nitrogens with zero attached hydrogens (tertiary/aromatic N) is 2. The lowest BCUT2D eigenvalue weighted by Gasteiger charge is -2.21. The first kappa shape index (κ1) is 23.9. The molecule has 0 spiro atoms. The van der Waals surface area contributed by atoms with E-state index in [0.29, 0.717) is 38.7 Å². The van der Waals surface area contributed by atoms with E-state index in [-0.39, 0.29) is 17.6 Å². The van der Waals surface area contributed by atoms with Crippen molar-refractivity contribution < 1.29 is 19.1 Å². The quantitative estimate of drug-likeness (QED) is 0.482. The van der Waals surface area contributed by atoms with E-state index in [4.69, 9.17) is 9.47 Å². The van der Waals surface area contributed by atoms with E-state index in [2.05, 4.69) is 10.3 Å². The van der Waals surface area contributed by atoms with Gasteiger partial charge in [-0.25, -0.2) is 9.78 Å². The van der Waals surface area contributed by atoms with Crippen LogP contribution in [0.5, 0.6) is 5.75 Å². The summed E-state index contributed by atoms with van der Waals surface area (Å²) in [4.78, 5) is 44.3. The number of benzene rings is 1.